The molecule has 0 atom stereocenters. The van der Waals surface area contributed by atoms with Crippen LogP contribution in [0.3, 0.4) is 0 Å². The maximum Gasteiger partial charge on any atom is 0.248 e. The number of aryl methyl sites for hydroxylation is 2. The predicted molar refractivity (Wildman–Crippen MR) is 118 cm³/mol. The van der Waals surface area contributed by atoms with Gasteiger partial charge in [-0.3, -0.25) is 4.79 Å². The van der Waals surface area contributed by atoms with Crippen LogP contribution in [0.4, 0.5) is 0 Å². The van der Waals surface area contributed by atoms with Gasteiger partial charge in [0.2, 0.25) is 15.9 Å². The Morgan fingerprint density at radius 1 is 1.32 bits per heavy atom. The lowest BCUT2D eigenvalue weighted by atomic mass is 9.97. The molecule has 1 fully saturated rings. The lowest BCUT2D eigenvalue weighted by molar-refractivity contribution is -0.125. The molecule has 1 aliphatic heterocycles. The Kier molecular flexibility index (Phi) is 7.75. The molecule has 0 bridgehead atoms. The minimum Gasteiger partial charge on any atom is -0.360 e. The molecule has 1 saturated heterocycles. The molecular formula is C21H26N4O4S2. The first kappa shape index (κ1) is 23.3. The summed E-state index contributed by atoms with van der Waals surface area (Å²) in [6.45, 7) is 4.33. The van der Waals surface area contributed by atoms with Gasteiger partial charge in [-0.15, -0.1) is 0 Å². The lowest BCUT2D eigenvalue weighted by Gasteiger charge is -2.30. The number of carbonyl (C=O) groups excluding carboxylic acids is 1. The Labute approximate surface area is 187 Å². The molecule has 10 heteroatoms. The Morgan fingerprint density at radius 2 is 2.03 bits per heavy atom. The number of sulfonamides is 1. The zero-order valence-electron chi connectivity index (χ0n) is 17.6. The zero-order valence-corrected chi connectivity index (χ0v) is 19.3. The maximum atomic E-state index is 12.9. The van der Waals surface area contributed by atoms with Gasteiger partial charge >= 0.3 is 0 Å². The summed E-state index contributed by atoms with van der Waals surface area (Å²) >= 11 is 1.66. The number of piperidine rings is 1. The van der Waals surface area contributed by atoms with Crippen LogP contribution in [-0.4, -0.2) is 49.2 Å². The van der Waals surface area contributed by atoms with Crippen molar-refractivity contribution in [1.29, 1.82) is 5.26 Å². The third-order valence-corrected chi connectivity index (χ3v) is 8.48. The van der Waals surface area contributed by atoms with E-state index in [1.807, 2.05) is 18.2 Å². The van der Waals surface area contributed by atoms with Crippen molar-refractivity contribution in [3.8, 4) is 6.07 Å². The molecule has 166 valence electrons. The Morgan fingerprint density at radius 3 is 2.68 bits per heavy atom. The molecule has 0 radical (unpaired) electrons. The van der Waals surface area contributed by atoms with E-state index in [2.05, 4.69) is 16.5 Å². The highest BCUT2D eigenvalue weighted by Gasteiger charge is 2.35. The second-order valence-corrected chi connectivity index (χ2v) is 10.4. The van der Waals surface area contributed by atoms with Crippen molar-refractivity contribution in [3.05, 3.63) is 46.8 Å². The average Bonchev–Trinajstić information content (AvgIpc) is 3.12. The van der Waals surface area contributed by atoms with Gasteiger partial charge in [0.25, 0.3) is 0 Å². The van der Waals surface area contributed by atoms with Crippen LogP contribution in [-0.2, 0) is 20.6 Å². The van der Waals surface area contributed by atoms with Crippen LogP contribution in [0, 0.1) is 31.1 Å². The standard InChI is InChI=1S/C21H26N4O4S2/c1-15-20(16(2)29-24-15)31(27,28)25-10-7-17(8-11-25)21(26)23-9-12-30-14-19-6-4-3-5-18(19)13-22/h3-6,17H,7-12,14H2,1-2H3,(H,23,26). The summed E-state index contributed by atoms with van der Waals surface area (Å²) in [5.74, 6) is 1.52. The molecule has 1 aromatic heterocycles. The molecule has 1 N–H and O–H groups in total. The number of amides is 1. The van der Waals surface area contributed by atoms with E-state index >= 15 is 0 Å². The molecule has 3 rings (SSSR count). The minimum atomic E-state index is -3.67. The first-order valence-electron chi connectivity index (χ1n) is 10.1. The van der Waals surface area contributed by atoms with E-state index < -0.39 is 10.0 Å². The molecule has 0 unspecified atom stereocenters. The largest absolute Gasteiger partial charge is 0.360 e. The first-order chi connectivity index (χ1) is 14.8. The van der Waals surface area contributed by atoms with Crippen molar-refractivity contribution >= 4 is 27.7 Å². The molecule has 1 aromatic carbocycles. The molecule has 0 spiro atoms. The number of nitrogens with one attached hydrogen (secondary N) is 1. The molecular weight excluding hydrogens is 436 g/mol. The van der Waals surface area contributed by atoms with E-state index in [-0.39, 0.29) is 22.5 Å². The summed E-state index contributed by atoms with van der Waals surface area (Å²) in [6, 6.07) is 9.69. The van der Waals surface area contributed by atoms with E-state index in [0.29, 0.717) is 43.7 Å². The van der Waals surface area contributed by atoms with Crippen LogP contribution in [0.2, 0.25) is 0 Å². The van der Waals surface area contributed by atoms with Crippen LogP contribution in [0.15, 0.2) is 33.7 Å². The van der Waals surface area contributed by atoms with Crippen molar-refractivity contribution in [2.75, 3.05) is 25.4 Å². The second kappa shape index (κ2) is 10.3. The van der Waals surface area contributed by atoms with Crippen molar-refractivity contribution in [2.45, 2.75) is 37.3 Å². The minimum absolute atomic E-state index is 0.0348. The molecule has 31 heavy (non-hydrogen) atoms. The number of benzene rings is 1. The lowest BCUT2D eigenvalue weighted by Crippen LogP contribution is -2.43. The number of hydrogen-bond acceptors (Lipinski definition) is 7. The molecule has 8 nitrogen and oxygen atoms in total. The number of nitriles is 1. The van der Waals surface area contributed by atoms with Crippen molar-refractivity contribution < 1.29 is 17.7 Å². The molecule has 1 aliphatic rings. The summed E-state index contributed by atoms with van der Waals surface area (Å²) in [6.07, 6.45) is 0.967. The number of hydrogen-bond donors (Lipinski definition) is 1. The monoisotopic (exact) mass is 462 g/mol. The fraction of sp³-hybridized carbons (Fsp3) is 0.476. The predicted octanol–water partition coefficient (Wildman–Crippen LogP) is 2.61. The summed E-state index contributed by atoms with van der Waals surface area (Å²) in [7, 11) is -3.67. The smallest absolute Gasteiger partial charge is 0.248 e. The fourth-order valence-corrected chi connectivity index (χ4v) is 6.28. The molecule has 1 amide bonds. The zero-order chi connectivity index (χ0) is 22.4. The number of carbonyl (C=O) groups is 1. The van der Waals surface area contributed by atoms with Gasteiger partial charge in [0, 0.05) is 37.1 Å². The van der Waals surface area contributed by atoms with Gasteiger partial charge in [0.15, 0.2) is 5.76 Å². The van der Waals surface area contributed by atoms with Crippen LogP contribution >= 0.6 is 11.8 Å². The van der Waals surface area contributed by atoms with E-state index in [1.54, 1.807) is 31.7 Å². The average molecular weight is 463 g/mol. The van der Waals surface area contributed by atoms with Crippen LogP contribution in [0.25, 0.3) is 0 Å². The van der Waals surface area contributed by atoms with Crippen LogP contribution < -0.4 is 5.32 Å². The number of aromatic nitrogens is 1. The normalized spacial score (nSPS) is 15.5. The van der Waals surface area contributed by atoms with Gasteiger partial charge in [-0.05, 0) is 38.3 Å². The highest BCUT2D eigenvalue weighted by Crippen LogP contribution is 2.27. The van der Waals surface area contributed by atoms with Gasteiger partial charge in [0.05, 0.1) is 11.6 Å². The molecule has 0 saturated carbocycles. The van der Waals surface area contributed by atoms with Gasteiger partial charge in [-0.25, -0.2) is 8.42 Å². The fourth-order valence-electron chi connectivity index (χ4n) is 3.66. The van der Waals surface area contributed by atoms with Gasteiger partial charge in [0.1, 0.15) is 10.6 Å². The summed E-state index contributed by atoms with van der Waals surface area (Å²) in [5.41, 5.74) is 2.03. The van der Waals surface area contributed by atoms with Crippen LogP contribution in [0.5, 0.6) is 0 Å². The van der Waals surface area contributed by atoms with Gasteiger partial charge in [-0.1, -0.05) is 23.4 Å². The molecule has 2 aromatic rings. The quantitative estimate of drug-likeness (QED) is 0.599. The van der Waals surface area contributed by atoms with Crippen molar-refractivity contribution in [2.24, 2.45) is 5.92 Å². The van der Waals surface area contributed by atoms with Crippen molar-refractivity contribution in [1.82, 2.24) is 14.8 Å². The van der Waals surface area contributed by atoms with E-state index in [1.165, 1.54) is 4.31 Å². The Hall–Kier alpha value is -2.35. The number of nitrogens with zero attached hydrogens (tertiary/aromatic N) is 3. The maximum absolute atomic E-state index is 12.9. The third kappa shape index (κ3) is 5.47. The van der Waals surface area contributed by atoms with Crippen LogP contribution in [0.1, 0.15) is 35.4 Å². The first-order valence-corrected chi connectivity index (χ1v) is 12.7. The highest BCUT2D eigenvalue weighted by molar-refractivity contribution is 7.98. The highest BCUT2D eigenvalue weighted by atomic mass is 32.2. The van der Waals surface area contributed by atoms with E-state index in [0.717, 1.165) is 17.1 Å². The Balaban J connectivity index is 1.42. The SMILES string of the molecule is Cc1noc(C)c1S(=O)(=O)N1CCC(C(=O)NCCSCc2ccccc2C#N)CC1. The van der Waals surface area contributed by atoms with Gasteiger partial charge < -0.3 is 9.84 Å². The topological polar surface area (TPSA) is 116 Å². The van der Waals surface area contributed by atoms with Crippen molar-refractivity contribution in [3.63, 3.8) is 0 Å². The third-order valence-electron chi connectivity index (χ3n) is 5.33. The molecule has 0 aliphatic carbocycles. The summed E-state index contributed by atoms with van der Waals surface area (Å²) in [5, 5.41) is 15.8. The second-order valence-electron chi connectivity index (χ2n) is 7.44. The van der Waals surface area contributed by atoms with E-state index in [9.17, 15) is 13.2 Å². The van der Waals surface area contributed by atoms with E-state index in [4.69, 9.17) is 9.78 Å². The Bertz CT molecular complexity index is 1050. The summed E-state index contributed by atoms with van der Waals surface area (Å²) in [4.78, 5) is 12.6. The number of thioether (sulfide) groups is 1. The van der Waals surface area contributed by atoms with Gasteiger partial charge in [-0.2, -0.15) is 21.3 Å². The number of rotatable bonds is 8. The summed E-state index contributed by atoms with van der Waals surface area (Å²) < 4.78 is 32.2. The molecule has 2 heterocycles.